The van der Waals surface area contributed by atoms with Crippen molar-refractivity contribution in [3.8, 4) is 22.6 Å². The zero-order valence-corrected chi connectivity index (χ0v) is 42.3. The molecule has 0 radical (unpaired) electrons. The quantitative estimate of drug-likeness (QED) is 0.102. The predicted molar refractivity (Wildman–Crippen MR) is 319 cm³/mol. The first-order valence-corrected chi connectivity index (χ1v) is 25.6. The number of hydrogen-bond donors (Lipinski definition) is 0. The van der Waals surface area contributed by atoms with E-state index in [4.69, 9.17) is 9.47 Å². The first-order chi connectivity index (χ1) is 37.6. The number of methoxy groups -OCH3 is 2. The fourth-order valence-electron chi connectivity index (χ4n) is 10.4. The fourth-order valence-corrected chi connectivity index (χ4v) is 10.4. The zero-order valence-electron chi connectivity index (χ0n) is 42.3. The summed E-state index contributed by atoms with van der Waals surface area (Å²) in [5, 5.41) is 4.70. The Bertz CT molecular complexity index is 3630. The van der Waals surface area contributed by atoms with Gasteiger partial charge in [0, 0.05) is 56.3 Å². The summed E-state index contributed by atoms with van der Waals surface area (Å²) in [5.74, 6) is 1.60. The first kappa shape index (κ1) is 47.0. The molecule has 0 heterocycles. The average Bonchev–Trinajstić information content (AvgIpc) is 3.52. The van der Waals surface area contributed by atoms with Crippen molar-refractivity contribution in [1.82, 2.24) is 0 Å². The van der Waals surface area contributed by atoms with Gasteiger partial charge in [-0.1, -0.05) is 158 Å². The van der Waals surface area contributed by atoms with Crippen LogP contribution in [0.5, 0.6) is 11.5 Å². The maximum absolute atomic E-state index is 5.88. The summed E-state index contributed by atoms with van der Waals surface area (Å²) in [5.41, 5.74) is 14.7. The van der Waals surface area contributed by atoms with E-state index >= 15 is 0 Å². The fraction of sp³-hybridized carbons (Fsp3) is 0.0286. The Morgan fingerprint density at radius 2 is 0.461 bits per heavy atom. The second kappa shape index (κ2) is 21.2. The number of para-hydroxylation sites is 6. The van der Waals surface area contributed by atoms with E-state index in [9.17, 15) is 0 Å². The second-order valence-electron chi connectivity index (χ2n) is 18.5. The molecule has 0 aliphatic carbocycles. The number of fused-ring (bicyclic) bond motifs is 2. The normalized spacial score (nSPS) is 11.0. The van der Waals surface area contributed by atoms with Gasteiger partial charge < -0.3 is 29.1 Å². The number of anilines is 12. The van der Waals surface area contributed by atoms with Crippen LogP contribution in [0.2, 0.25) is 0 Å². The van der Waals surface area contributed by atoms with Crippen LogP contribution in [0.25, 0.3) is 32.7 Å². The molecule has 12 rings (SSSR count). The van der Waals surface area contributed by atoms with E-state index in [0.29, 0.717) is 0 Å². The smallest absolute Gasteiger partial charge is 0.142 e. The van der Waals surface area contributed by atoms with Crippen LogP contribution in [0.15, 0.2) is 291 Å². The predicted octanol–water partition coefficient (Wildman–Crippen LogP) is 19.6. The van der Waals surface area contributed by atoms with Crippen LogP contribution in [-0.2, 0) is 0 Å². The van der Waals surface area contributed by atoms with Crippen molar-refractivity contribution in [2.45, 2.75) is 0 Å². The molecule has 12 aromatic carbocycles. The van der Waals surface area contributed by atoms with E-state index < -0.39 is 0 Å². The van der Waals surface area contributed by atoms with Crippen molar-refractivity contribution in [1.29, 1.82) is 0 Å². The molecule has 76 heavy (non-hydrogen) atoms. The Hall–Kier alpha value is -10.0. The van der Waals surface area contributed by atoms with Gasteiger partial charge in [-0.05, 0) is 155 Å². The maximum Gasteiger partial charge on any atom is 0.142 e. The van der Waals surface area contributed by atoms with Crippen LogP contribution in [-0.4, -0.2) is 14.2 Å². The highest BCUT2D eigenvalue weighted by Crippen LogP contribution is 2.46. The highest BCUT2D eigenvalue weighted by Gasteiger charge is 2.22. The lowest BCUT2D eigenvalue weighted by atomic mass is 10.0. The molecule has 0 saturated heterocycles. The van der Waals surface area contributed by atoms with Crippen LogP contribution in [0.3, 0.4) is 0 Å². The van der Waals surface area contributed by atoms with Gasteiger partial charge in [0.2, 0.25) is 0 Å². The SMILES string of the molecule is COc1ccccc1N(c1ccccc1)c1ccc(N(c2ccc(-c3ccc(N(c4ccc(N(c5ccccc5)c5ccccc5OC)cc4)c4cccc5ccccc45)cc3)cc2)c2cccc3ccccc23)cc1. The number of rotatable bonds is 15. The van der Waals surface area contributed by atoms with Gasteiger partial charge in [0.15, 0.2) is 0 Å². The van der Waals surface area contributed by atoms with Crippen LogP contribution >= 0.6 is 0 Å². The monoisotopic (exact) mass is 982 g/mol. The topological polar surface area (TPSA) is 31.4 Å². The van der Waals surface area contributed by atoms with Crippen molar-refractivity contribution >= 4 is 89.8 Å². The largest absolute Gasteiger partial charge is 0.495 e. The summed E-state index contributed by atoms with van der Waals surface area (Å²) in [6.07, 6.45) is 0. The number of ether oxygens (including phenoxy) is 2. The van der Waals surface area contributed by atoms with E-state index in [2.05, 4.69) is 262 Å². The number of hydrogen-bond acceptors (Lipinski definition) is 6. The molecule has 12 aromatic rings. The maximum atomic E-state index is 5.88. The minimum Gasteiger partial charge on any atom is -0.495 e. The Balaban J connectivity index is 0.896. The van der Waals surface area contributed by atoms with Crippen molar-refractivity contribution in [2.75, 3.05) is 33.8 Å². The van der Waals surface area contributed by atoms with Gasteiger partial charge in [0.05, 0.1) is 37.0 Å². The molecule has 6 heteroatoms. The third-order valence-corrected chi connectivity index (χ3v) is 14.0. The van der Waals surface area contributed by atoms with Crippen molar-refractivity contribution in [3.05, 3.63) is 291 Å². The molecule has 366 valence electrons. The Morgan fingerprint density at radius 1 is 0.211 bits per heavy atom. The molecular weight excluding hydrogens is 929 g/mol. The summed E-state index contributed by atoms with van der Waals surface area (Å²) in [7, 11) is 3.45. The minimum absolute atomic E-state index is 0.798. The van der Waals surface area contributed by atoms with Gasteiger partial charge >= 0.3 is 0 Å². The van der Waals surface area contributed by atoms with Crippen LogP contribution in [0, 0.1) is 0 Å². The van der Waals surface area contributed by atoms with E-state index in [0.717, 1.165) is 90.9 Å². The van der Waals surface area contributed by atoms with Crippen LogP contribution in [0.1, 0.15) is 0 Å². The molecule has 0 aromatic heterocycles. The standard InChI is InChI=1S/C70H54N4O2/c1-75-69-33-15-13-29-67(69)73(55-23-5-3-6-24-55)61-47-43-59(44-48-61)71(65-31-17-21-53-19-9-11-27-63(53)65)57-39-35-51(36-40-57)52-37-41-58(42-38-52)72(66-32-18-22-54-20-10-12-28-64(54)66)60-45-49-62(50-46-60)74(56-25-7-4-8-26-56)68-30-14-16-34-70(68)76-2/h3-50H,1-2H3. The summed E-state index contributed by atoms with van der Waals surface area (Å²) in [6, 6.07) is 103. The highest BCUT2D eigenvalue weighted by molar-refractivity contribution is 6.01. The molecule has 0 fully saturated rings. The molecular formula is C70H54N4O2. The third-order valence-electron chi connectivity index (χ3n) is 14.0. The Kier molecular flexibility index (Phi) is 13.1. The molecule has 0 saturated carbocycles. The summed E-state index contributed by atoms with van der Waals surface area (Å²) in [4.78, 5) is 9.20. The third kappa shape index (κ3) is 9.21. The highest BCUT2D eigenvalue weighted by atomic mass is 16.5. The average molecular weight is 983 g/mol. The van der Waals surface area contributed by atoms with Crippen LogP contribution < -0.4 is 29.1 Å². The summed E-state index contributed by atoms with van der Waals surface area (Å²) < 4.78 is 11.8. The Morgan fingerprint density at radius 3 is 0.816 bits per heavy atom. The molecule has 0 aliphatic heterocycles. The van der Waals surface area contributed by atoms with Crippen molar-refractivity contribution in [2.24, 2.45) is 0 Å². The van der Waals surface area contributed by atoms with Gasteiger partial charge in [0.1, 0.15) is 11.5 Å². The van der Waals surface area contributed by atoms with E-state index in [1.54, 1.807) is 14.2 Å². The van der Waals surface area contributed by atoms with Crippen molar-refractivity contribution in [3.63, 3.8) is 0 Å². The molecule has 0 unspecified atom stereocenters. The lowest BCUT2D eigenvalue weighted by Crippen LogP contribution is -2.13. The van der Waals surface area contributed by atoms with Crippen LogP contribution in [0.4, 0.5) is 68.2 Å². The summed E-state index contributed by atoms with van der Waals surface area (Å²) >= 11 is 0. The zero-order chi connectivity index (χ0) is 51.2. The van der Waals surface area contributed by atoms with E-state index in [1.165, 1.54) is 21.5 Å². The number of benzene rings is 12. The second-order valence-corrected chi connectivity index (χ2v) is 18.5. The molecule has 0 N–H and O–H groups in total. The first-order valence-electron chi connectivity index (χ1n) is 25.6. The number of nitrogens with zero attached hydrogens (tertiary/aromatic N) is 4. The van der Waals surface area contributed by atoms with Crippen molar-refractivity contribution < 1.29 is 9.47 Å². The lowest BCUT2D eigenvalue weighted by molar-refractivity contribution is 0.416. The van der Waals surface area contributed by atoms with Gasteiger partial charge in [-0.3, -0.25) is 0 Å². The Labute approximate surface area is 444 Å². The molecule has 0 aliphatic rings. The molecule has 0 spiro atoms. The minimum atomic E-state index is 0.798. The van der Waals surface area contributed by atoms with Gasteiger partial charge in [-0.2, -0.15) is 0 Å². The lowest BCUT2D eigenvalue weighted by Gasteiger charge is -2.30. The van der Waals surface area contributed by atoms with Gasteiger partial charge in [-0.15, -0.1) is 0 Å². The van der Waals surface area contributed by atoms with Gasteiger partial charge in [0.25, 0.3) is 0 Å². The molecule has 0 atom stereocenters. The molecule has 0 bridgehead atoms. The molecule has 0 amide bonds. The molecule has 6 nitrogen and oxygen atoms in total. The van der Waals surface area contributed by atoms with Gasteiger partial charge in [-0.25, -0.2) is 0 Å². The van der Waals surface area contributed by atoms with E-state index in [-0.39, 0.29) is 0 Å². The summed E-state index contributed by atoms with van der Waals surface area (Å²) in [6.45, 7) is 0. The van der Waals surface area contributed by atoms with E-state index in [1.807, 2.05) is 48.5 Å².